The maximum absolute atomic E-state index is 13.3. The van der Waals surface area contributed by atoms with E-state index in [0.29, 0.717) is 29.7 Å². The highest BCUT2D eigenvalue weighted by Crippen LogP contribution is 2.67. The van der Waals surface area contributed by atoms with Crippen molar-refractivity contribution in [3.63, 3.8) is 0 Å². The molecule has 0 saturated heterocycles. The first-order valence-electron chi connectivity index (χ1n) is 13.3. The Bertz CT molecular complexity index is 1180. The number of aliphatic carboxylic acids is 1. The number of fused-ring (bicyclic) bond motifs is 5. The molecule has 37 heavy (non-hydrogen) atoms. The monoisotopic (exact) mass is 514 g/mol. The summed E-state index contributed by atoms with van der Waals surface area (Å²) in [5, 5.41) is 31.8. The van der Waals surface area contributed by atoms with Crippen molar-refractivity contribution >= 4 is 17.8 Å². The largest absolute Gasteiger partial charge is 0.508 e. The summed E-state index contributed by atoms with van der Waals surface area (Å²) in [4.78, 5) is 37.9. The predicted molar refractivity (Wildman–Crippen MR) is 134 cm³/mol. The summed E-state index contributed by atoms with van der Waals surface area (Å²) in [5.74, 6) is -1.48. The maximum atomic E-state index is 13.3. The molecular formula is C28H38N2O7. The molecule has 0 unspecified atom stereocenters. The molecule has 2 aliphatic carbocycles. The lowest BCUT2D eigenvalue weighted by atomic mass is 9.43. The van der Waals surface area contributed by atoms with Crippen molar-refractivity contribution in [1.82, 2.24) is 4.90 Å². The van der Waals surface area contributed by atoms with E-state index in [9.17, 15) is 29.7 Å². The van der Waals surface area contributed by atoms with Gasteiger partial charge in [-0.15, -0.1) is 0 Å². The number of carbonyl (C=O) groups is 3. The number of primary amides is 1. The third-order valence-corrected chi connectivity index (χ3v) is 10.4. The zero-order chi connectivity index (χ0) is 27.1. The lowest BCUT2D eigenvalue weighted by Crippen LogP contribution is -2.66. The van der Waals surface area contributed by atoms with Crippen LogP contribution in [0.15, 0.2) is 6.07 Å². The number of nitrogens with two attached hydrogens (primary N) is 1. The van der Waals surface area contributed by atoms with E-state index in [1.165, 1.54) is 11.0 Å². The van der Waals surface area contributed by atoms with Crippen LogP contribution in [0.5, 0.6) is 11.5 Å². The van der Waals surface area contributed by atoms with Crippen LogP contribution in [-0.2, 0) is 22.6 Å². The Hall–Kier alpha value is -2.81. The van der Waals surface area contributed by atoms with Crippen LogP contribution in [0.2, 0.25) is 0 Å². The molecule has 0 aromatic heterocycles. The highest BCUT2D eigenvalue weighted by Gasteiger charge is 2.67. The number of nitrogens with zero attached hydrogens (tertiary/aromatic N) is 1. The second-order valence-electron chi connectivity index (χ2n) is 12.5. The van der Waals surface area contributed by atoms with Gasteiger partial charge in [-0.25, -0.2) is 4.79 Å². The van der Waals surface area contributed by atoms with Crippen LogP contribution in [0.1, 0.15) is 87.7 Å². The van der Waals surface area contributed by atoms with Gasteiger partial charge in [0, 0.05) is 29.4 Å². The van der Waals surface area contributed by atoms with Gasteiger partial charge in [-0.2, -0.15) is 0 Å². The van der Waals surface area contributed by atoms with Gasteiger partial charge in [0.05, 0.1) is 18.2 Å². The first-order chi connectivity index (χ1) is 17.2. The zero-order valence-corrected chi connectivity index (χ0v) is 22.0. The molecule has 9 nitrogen and oxygen atoms in total. The number of carboxylic acid groups (broad SMARTS) is 1. The molecule has 1 aromatic carbocycles. The molecule has 0 radical (unpaired) electrons. The van der Waals surface area contributed by atoms with Gasteiger partial charge in [-0.1, -0.05) is 27.7 Å². The number of phenols is 1. The van der Waals surface area contributed by atoms with E-state index in [-0.39, 0.29) is 53.4 Å². The smallest absolute Gasteiger partial charge is 0.326 e. The molecule has 2 saturated carbocycles. The minimum atomic E-state index is -1.21. The zero-order valence-electron chi connectivity index (χ0n) is 22.0. The fourth-order valence-corrected chi connectivity index (χ4v) is 8.23. The normalized spacial score (nSPS) is 34.5. The van der Waals surface area contributed by atoms with Crippen LogP contribution in [-0.4, -0.2) is 55.8 Å². The third kappa shape index (κ3) is 3.49. The highest BCUT2D eigenvalue weighted by atomic mass is 16.5. The molecule has 4 aliphatic rings. The lowest BCUT2D eigenvalue weighted by Gasteiger charge is -2.64. The molecule has 0 bridgehead atoms. The van der Waals surface area contributed by atoms with Gasteiger partial charge in [-0.05, 0) is 55.4 Å². The molecule has 5 rings (SSSR count). The number of ether oxygens (including phenoxy) is 1. The number of aliphatic hydroxyl groups is 1. The molecule has 6 atom stereocenters. The van der Waals surface area contributed by atoms with Crippen LogP contribution < -0.4 is 10.5 Å². The molecule has 2 aliphatic heterocycles. The summed E-state index contributed by atoms with van der Waals surface area (Å²) in [6.07, 6.45) is 3.24. The predicted octanol–water partition coefficient (Wildman–Crippen LogP) is 2.97. The van der Waals surface area contributed by atoms with Gasteiger partial charge in [0.1, 0.15) is 23.1 Å². The second kappa shape index (κ2) is 8.35. The molecule has 1 aromatic rings. The van der Waals surface area contributed by atoms with Crippen molar-refractivity contribution in [2.24, 2.45) is 28.4 Å². The van der Waals surface area contributed by atoms with Gasteiger partial charge in [0.2, 0.25) is 5.91 Å². The average molecular weight is 515 g/mol. The van der Waals surface area contributed by atoms with Crippen molar-refractivity contribution in [2.45, 2.75) is 96.9 Å². The van der Waals surface area contributed by atoms with Gasteiger partial charge in [0.25, 0.3) is 5.91 Å². The van der Waals surface area contributed by atoms with Crippen molar-refractivity contribution in [3.05, 3.63) is 22.8 Å². The van der Waals surface area contributed by atoms with Crippen molar-refractivity contribution in [1.29, 1.82) is 0 Å². The fraction of sp³-hybridized carbons (Fsp3) is 0.679. The van der Waals surface area contributed by atoms with E-state index >= 15 is 0 Å². The van der Waals surface area contributed by atoms with E-state index in [2.05, 4.69) is 27.7 Å². The number of carbonyl (C=O) groups excluding carboxylic acids is 2. The van der Waals surface area contributed by atoms with E-state index < -0.39 is 35.5 Å². The number of aromatic hydroxyl groups is 1. The van der Waals surface area contributed by atoms with E-state index in [4.69, 9.17) is 10.5 Å². The Kier molecular flexibility index (Phi) is 5.83. The third-order valence-electron chi connectivity index (χ3n) is 10.4. The van der Waals surface area contributed by atoms with Crippen LogP contribution >= 0.6 is 0 Å². The van der Waals surface area contributed by atoms with Gasteiger partial charge < -0.3 is 30.7 Å². The Balaban J connectivity index is 1.55. The summed E-state index contributed by atoms with van der Waals surface area (Å²) < 4.78 is 6.97. The molecule has 5 N–H and O–H groups in total. The number of carboxylic acids is 1. The first kappa shape index (κ1) is 25.8. The Morgan fingerprint density at radius 2 is 1.92 bits per heavy atom. The number of aliphatic hydroxyl groups excluding tert-OH is 1. The van der Waals surface area contributed by atoms with E-state index in [1.807, 2.05) is 0 Å². The molecule has 1 spiro atoms. The van der Waals surface area contributed by atoms with Crippen molar-refractivity contribution in [2.75, 3.05) is 0 Å². The van der Waals surface area contributed by atoms with Gasteiger partial charge in [0.15, 0.2) is 0 Å². The van der Waals surface area contributed by atoms with E-state index in [1.54, 1.807) is 0 Å². The van der Waals surface area contributed by atoms with Crippen LogP contribution in [0, 0.1) is 22.7 Å². The topological polar surface area (TPSA) is 150 Å². The van der Waals surface area contributed by atoms with E-state index in [0.717, 1.165) is 19.3 Å². The van der Waals surface area contributed by atoms with Crippen molar-refractivity contribution in [3.8, 4) is 11.5 Å². The standard InChI is InChI=1S/C28H38N2O7/c1-14-5-7-20-26(2,3)21(32)9-10-27(20,4)28(14)12-16-19(31)11-15-17(23(16)37-28)13-30(24(15)34)18(25(35)36)6-8-22(29)33/h11,14,18,20-21,31-32H,5-10,12-13H2,1-4H3,(H2,29,33)(H,35,36)/t14-,18-,20-,21-,27+,28+/m1/s1. The highest BCUT2D eigenvalue weighted by molar-refractivity contribution is 6.02. The van der Waals surface area contributed by atoms with Crippen molar-refractivity contribution < 1.29 is 34.4 Å². The first-order valence-corrected chi connectivity index (χ1v) is 13.3. The average Bonchev–Trinajstić information content (AvgIpc) is 3.36. The molecule has 9 heteroatoms. The molecule has 2 fully saturated rings. The summed E-state index contributed by atoms with van der Waals surface area (Å²) in [6.45, 7) is 8.74. The molecule has 202 valence electrons. The fourth-order valence-electron chi connectivity index (χ4n) is 8.23. The summed E-state index contributed by atoms with van der Waals surface area (Å²) in [7, 11) is 0. The quantitative estimate of drug-likeness (QED) is 0.472. The van der Waals surface area contributed by atoms with Crippen LogP contribution in [0.4, 0.5) is 0 Å². The minimum absolute atomic E-state index is 0.0159. The Labute approximate surface area is 217 Å². The molecular weight excluding hydrogens is 476 g/mol. The number of benzene rings is 1. The summed E-state index contributed by atoms with van der Waals surface area (Å²) in [6, 6.07) is 0.227. The maximum Gasteiger partial charge on any atom is 0.326 e. The summed E-state index contributed by atoms with van der Waals surface area (Å²) in [5.41, 5.74) is 5.56. The SMILES string of the molecule is C[C@@H]1CC[C@@H]2C(C)(C)[C@H](O)CC[C@]2(C)[C@]12Cc1c(O)cc3c(c1O2)CN([C@H](CCC(N)=O)C(=O)O)C3=O. The Morgan fingerprint density at radius 3 is 2.57 bits per heavy atom. The molecule has 2 amide bonds. The number of amides is 2. The van der Waals surface area contributed by atoms with Crippen LogP contribution in [0.25, 0.3) is 0 Å². The van der Waals surface area contributed by atoms with Crippen LogP contribution in [0.3, 0.4) is 0 Å². The number of rotatable bonds is 5. The second-order valence-corrected chi connectivity index (χ2v) is 12.5. The molecule has 2 heterocycles. The summed E-state index contributed by atoms with van der Waals surface area (Å²) >= 11 is 0. The number of phenolic OH excluding ortho intramolecular Hbond substituents is 1. The van der Waals surface area contributed by atoms with Gasteiger partial charge >= 0.3 is 5.97 Å². The van der Waals surface area contributed by atoms with Gasteiger partial charge in [-0.3, -0.25) is 9.59 Å². The lowest BCUT2D eigenvalue weighted by molar-refractivity contribution is -0.210. The minimum Gasteiger partial charge on any atom is -0.508 e. The Morgan fingerprint density at radius 1 is 1.22 bits per heavy atom. The number of hydrogen-bond acceptors (Lipinski definition) is 6. The number of hydrogen-bond donors (Lipinski definition) is 4.